The quantitative estimate of drug-likeness (QED) is 0.826. The summed E-state index contributed by atoms with van der Waals surface area (Å²) in [7, 11) is 0. The zero-order valence-electron chi connectivity index (χ0n) is 15.3. The molecular formula is C17H23F3N6O. The summed E-state index contributed by atoms with van der Waals surface area (Å²) in [5, 5.41) is 13.4. The number of nitrogens with zero attached hydrogens (tertiary/aromatic N) is 4. The molecule has 2 amide bonds. The van der Waals surface area contributed by atoms with E-state index < -0.39 is 17.9 Å². The Hall–Kier alpha value is -2.52. The average molecular weight is 384 g/mol. The third-order valence-corrected chi connectivity index (χ3v) is 4.65. The fourth-order valence-corrected chi connectivity index (χ4v) is 3.35. The number of alkyl halides is 3. The zero-order valence-corrected chi connectivity index (χ0v) is 15.3. The van der Waals surface area contributed by atoms with Gasteiger partial charge in [-0.25, -0.2) is 9.48 Å². The van der Waals surface area contributed by atoms with E-state index in [0.29, 0.717) is 17.6 Å². The van der Waals surface area contributed by atoms with E-state index in [4.69, 9.17) is 0 Å². The van der Waals surface area contributed by atoms with Gasteiger partial charge in [0, 0.05) is 18.3 Å². The molecule has 1 saturated carbocycles. The predicted octanol–water partition coefficient (Wildman–Crippen LogP) is 3.65. The Balaban J connectivity index is 1.54. The molecule has 0 unspecified atom stereocenters. The van der Waals surface area contributed by atoms with Crippen molar-refractivity contribution in [3.8, 4) is 0 Å². The van der Waals surface area contributed by atoms with Gasteiger partial charge in [0.05, 0.1) is 18.3 Å². The number of carbonyl (C=O) groups excluding carboxylic acids is 1. The fraction of sp³-hybridized carbons (Fsp3) is 0.588. The van der Waals surface area contributed by atoms with Crippen LogP contribution in [0.25, 0.3) is 0 Å². The lowest BCUT2D eigenvalue weighted by Gasteiger charge is -2.15. The average Bonchev–Trinajstić information content (AvgIpc) is 3.28. The largest absolute Gasteiger partial charge is 0.435 e. The number of nitrogens with one attached hydrogen (secondary N) is 2. The molecule has 0 spiro atoms. The molecule has 1 aliphatic rings. The van der Waals surface area contributed by atoms with Crippen molar-refractivity contribution in [1.82, 2.24) is 24.9 Å². The number of aromatic nitrogens is 4. The topological polar surface area (TPSA) is 76.8 Å². The molecule has 2 aromatic rings. The van der Waals surface area contributed by atoms with Crippen molar-refractivity contribution in [2.75, 3.05) is 11.9 Å². The normalized spacial score (nSPS) is 15.3. The van der Waals surface area contributed by atoms with Crippen LogP contribution in [0.3, 0.4) is 0 Å². The molecule has 1 aliphatic carbocycles. The van der Waals surface area contributed by atoms with E-state index in [1.165, 1.54) is 4.68 Å². The molecule has 27 heavy (non-hydrogen) atoms. The SMILES string of the molecule is Cc1cc(NC(=O)NCCn2nc(C(F)(F)F)cc2C)n(C2CCCC2)n1. The summed E-state index contributed by atoms with van der Waals surface area (Å²) in [5.41, 5.74) is 0.281. The van der Waals surface area contributed by atoms with E-state index in [1.807, 2.05) is 17.7 Å². The first-order valence-corrected chi connectivity index (χ1v) is 8.96. The van der Waals surface area contributed by atoms with Crippen molar-refractivity contribution >= 4 is 11.8 Å². The van der Waals surface area contributed by atoms with Gasteiger partial charge >= 0.3 is 12.2 Å². The maximum absolute atomic E-state index is 12.7. The maximum atomic E-state index is 12.7. The lowest BCUT2D eigenvalue weighted by molar-refractivity contribution is -0.141. The van der Waals surface area contributed by atoms with Crippen LogP contribution in [0, 0.1) is 13.8 Å². The molecule has 1 fully saturated rings. The van der Waals surface area contributed by atoms with Gasteiger partial charge in [0.15, 0.2) is 5.69 Å². The molecule has 10 heteroatoms. The van der Waals surface area contributed by atoms with E-state index in [2.05, 4.69) is 20.8 Å². The number of hydrogen-bond donors (Lipinski definition) is 2. The first kappa shape index (κ1) is 19.2. The zero-order chi connectivity index (χ0) is 19.6. The molecule has 0 radical (unpaired) electrons. The smallest absolute Gasteiger partial charge is 0.336 e. The van der Waals surface area contributed by atoms with E-state index in [1.54, 1.807) is 6.92 Å². The lowest BCUT2D eigenvalue weighted by Crippen LogP contribution is -2.32. The van der Waals surface area contributed by atoms with Gasteiger partial charge in [0.2, 0.25) is 0 Å². The van der Waals surface area contributed by atoms with Gasteiger partial charge in [-0.05, 0) is 32.8 Å². The van der Waals surface area contributed by atoms with Crippen LogP contribution in [0.4, 0.5) is 23.8 Å². The van der Waals surface area contributed by atoms with Crippen LogP contribution in [-0.2, 0) is 12.7 Å². The van der Waals surface area contributed by atoms with Gasteiger partial charge in [-0.2, -0.15) is 23.4 Å². The second kappa shape index (κ2) is 7.61. The summed E-state index contributed by atoms with van der Waals surface area (Å²) >= 11 is 0. The van der Waals surface area contributed by atoms with Crippen molar-refractivity contribution in [2.24, 2.45) is 0 Å². The molecular weight excluding hydrogens is 361 g/mol. The van der Waals surface area contributed by atoms with E-state index in [0.717, 1.165) is 37.4 Å². The third-order valence-electron chi connectivity index (χ3n) is 4.65. The number of halogens is 3. The van der Waals surface area contributed by atoms with Gasteiger partial charge in [0.25, 0.3) is 0 Å². The van der Waals surface area contributed by atoms with Crippen LogP contribution < -0.4 is 10.6 Å². The number of urea groups is 1. The molecule has 148 valence electrons. The Bertz CT molecular complexity index is 804. The summed E-state index contributed by atoms with van der Waals surface area (Å²) in [6, 6.07) is 2.67. The van der Waals surface area contributed by atoms with Crippen LogP contribution in [0.1, 0.15) is 48.8 Å². The summed E-state index contributed by atoms with van der Waals surface area (Å²) in [4.78, 5) is 12.2. The minimum atomic E-state index is -4.47. The minimum Gasteiger partial charge on any atom is -0.336 e. The number of anilines is 1. The highest BCUT2D eigenvalue weighted by atomic mass is 19.4. The summed E-state index contributed by atoms with van der Waals surface area (Å²) in [6.07, 6.45) is -0.0942. The highest BCUT2D eigenvalue weighted by Crippen LogP contribution is 2.32. The highest BCUT2D eigenvalue weighted by molar-refractivity contribution is 5.88. The van der Waals surface area contributed by atoms with Crippen LogP contribution in [0.15, 0.2) is 12.1 Å². The molecule has 2 heterocycles. The molecule has 2 aromatic heterocycles. The second-order valence-electron chi connectivity index (χ2n) is 6.83. The summed E-state index contributed by atoms with van der Waals surface area (Å²) < 4.78 is 41.1. The number of amides is 2. The van der Waals surface area contributed by atoms with Crippen molar-refractivity contribution in [2.45, 2.75) is 58.3 Å². The molecule has 3 rings (SSSR count). The monoisotopic (exact) mass is 384 g/mol. The second-order valence-corrected chi connectivity index (χ2v) is 6.83. The molecule has 0 aliphatic heterocycles. The highest BCUT2D eigenvalue weighted by Gasteiger charge is 2.34. The van der Waals surface area contributed by atoms with Gasteiger partial charge in [-0.3, -0.25) is 10.00 Å². The summed E-state index contributed by atoms with van der Waals surface area (Å²) in [5.74, 6) is 0.631. The van der Waals surface area contributed by atoms with E-state index in [-0.39, 0.29) is 13.1 Å². The Kier molecular flexibility index (Phi) is 5.43. The van der Waals surface area contributed by atoms with Crippen LogP contribution in [0.2, 0.25) is 0 Å². The predicted molar refractivity (Wildman–Crippen MR) is 93.5 cm³/mol. The van der Waals surface area contributed by atoms with Crippen molar-refractivity contribution in [1.29, 1.82) is 0 Å². The first-order chi connectivity index (χ1) is 12.7. The van der Waals surface area contributed by atoms with E-state index >= 15 is 0 Å². The lowest BCUT2D eigenvalue weighted by atomic mass is 10.2. The Morgan fingerprint density at radius 2 is 1.93 bits per heavy atom. The van der Waals surface area contributed by atoms with Crippen molar-refractivity contribution < 1.29 is 18.0 Å². The molecule has 0 aromatic carbocycles. The van der Waals surface area contributed by atoms with Crippen LogP contribution in [-0.4, -0.2) is 32.1 Å². The van der Waals surface area contributed by atoms with Gasteiger partial charge in [0.1, 0.15) is 5.82 Å². The molecule has 0 atom stereocenters. The number of aryl methyl sites for hydroxylation is 2. The van der Waals surface area contributed by atoms with Gasteiger partial charge in [-0.1, -0.05) is 12.8 Å². The van der Waals surface area contributed by atoms with Gasteiger partial charge < -0.3 is 5.32 Å². The number of carbonyl (C=O) groups is 1. The fourth-order valence-electron chi connectivity index (χ4n) is 3.35. The Morgan fingerprint density at radius 1 is 1.22 bits per heavy atom. The van der Waals surface area contributed by atoms with E-state index in [9.17, 15) is 18.0 Å². The molecule has 7 nitrogen and oxygen atoms in total. The van der Waals surface area contributed by atoms with Crippen LogP contribution >= 0.6 is 0 Å². The van der Waals surface area contributed by atoms with Crippen molar-refractivity contribution in [3.05, 3.63) is 29.2 Å². The van der Waals surface area contributed by atoms with Gasteiger partial charge in [-0.15, -0.1) is 0 Å². The first-order valence-electron chi connectivity index (χ1n) is 8.96. The number of rotatable bonds is 5. The Labute approximate surface area is 154 Å². The molecule has 0 bridgehead atoms. The standard InChI is InChI=1S/C17H23F3N6O/c1-11-9-15(26(23-11)13-5-3-4-6-13)22-16(27)21-7-8-25-12(2)10-14(24-25)17(18,19)20/h9-10,13H,3-8H2,1-2H3,(H2,21,22,27). The maximum Gasteiger partial charge on any atom is 0.435 e. The van der Waals surface area contributed by atoms with Crippen LogP contribution in [0.5, 0.6) is 0 Å². The number of hydrogen-bond acceptors (Lipinski definition) is 3. The third kappa shape index (κ3) is 4.61. The summed E-state index contributed by atoms with van der Waals surface area (Å²) in [6.45, 7) is 3.72. The minimum absolute atomic E-state index is 0.149. The molecule has 2 N–H and O–H groups in total. The molecule has 0 saturated heterocycles. The Morgan fingerprint density at radius 3 is 2.56 bits per heavy atom. The van der Waals surface area contributed by atoms with Crippen molar-refractivity contribution in [3.63, 3.8) is 0 Å².